The van der Waals surface area contributed by atoms with Crippen LogP contribution >= 0.6 is 24.8 Å². The number of hydrogen-bond acceptors (Lipinski definition) is 4. The third-order valence-electron chi connectivity index (χ3n) is 3.07. The van der Waals surface area contributed by atoms with E-state index in [1.807, 2.05) is 6.92 Å². The van der Waals surface area contributed by atoms with Gasteiger partial charge in [0.15, 0.2) is 0 Å². The average molecular weight is 316 g/mol. The topological polar surface area (TPSA) is 67.6 Å². The molecule has 1 amide bonds. The lowest BCUT2D eigenvalue weighted by Crippen LogP contribution is -2.44. The first-order valence-corrected chi connectivity index (χ1v) is 6.46. The Balaban J connectivity index is 0. The predicted octanol–water partition coefficient (Wildman–Crippen LogP) is 0.652. The molecule has 0 bridgehead atoms. The average Bonchev–Trinajstić information content (AvgIpc) is 2.36. The van der Waals surface area contributed by atoms with Crippen molar-refractivity contribution in [3.63, 3.8) is 0 Å². The number of hydrogen-bond donors (Lipinski definition) is 2. The molecule has 3 N–H and O–H groups in total. The second-order valence-electron chi connectivity index (χ2n) is 4.78. The molecule has 1 heterocycles. The van der Waals surface area contributed by atoms with Gasteiger partial charge in [-0.05, 0) is 12.3 Å². The molecule has 1 aliphatic rings. The predicted molar refractivity (Wildman–Crippen MR) is 82.2 cm³/mol. The molecule has 7 heteroatoms. The summed E-state index contributed by atoms with van der Waals surface area (Å²) in [4.78, 5) is 13.9. The summed E-state index contributed by atoms with van der Waals surface area (Å²) >= 11 is 0. The lowest BCUT2D eigenvalue weighted by atomic mass is 10.1. The van der Waals surface area contributed by atoms with E-state index >= 15 is 0 Å². The number of carbonyl (C=O) groups is 1. The zero-order valence-corrected chi connectivity index (χ0v) is 13.4. The smallest absolute Gasteiger partial charge is 0.236 e. The Morgan fingerprint density at radius 3 is 2.47 bits per heavy atom. The van der Waals surface area contributed by atoms with Crippen molar-refractivity contribution in [3.8, 4) is 0 Å². The van der Waals surface area contributed by atoms with E-state index in [1.54, 1.807) is 0 Å². The highest BCUT2D eigenvalue weighted by Gasteiger charge is 2.15. The van der Waals surface area contributed by atoms with Gasteiger partial charge in [-0.15, -0.1) is 24.8 Å². The summed E-state index contributed by atoms with van der Waals surface area (Å²) in [5, 5.41) is 2.90. The van der Waals surface area contributed by atoms with Crippen molar-refractivity contribution in [2.45, 2.75) is 26.3 Å². The summed E-state index contributed by atoms with van der Waals surface area (Å²) < 4.78 is 5.30. The molecule has 116 valence electrons. The molecule has 0 aliphatic carbocycles. The molecular formula is C12H27Cl2N3O2. The van der Waals surface area contributed by atoms with Gasteiger partial charge in [-0.3, -0.25) is 9.69 Å². The highest BCUT2D eigenvalue weighted by Crippen LogP contribution is 2.02. The molecule has 1 fully saturated rings. The molecule has 1 unspecified atom stereocenters. The van der Waals surface area contributed by atoms with Crippen LogP contribution in [0.1, 0.15) is 20.3 Å². The van der Waals surface area contributed by atoms with Gasteiger partial charge in [-0.2, -0.15) is 0 Å². The quantitative estimate of drug-likeness (QED) is 0.755. The van der Waals surface area contributed by atoms with Crippen LogP contribution in [0.5, 0.6) is 0 Å². The molecule has 1 aliphatic heterocycles. The Morgan fingerprint density at radius 2 is 1.95 bits per heavy atom. The van der Waals surface area contributed by atoms with Gasteiger partial charge in [0.1, 0.15) is 0 Å². The van der Waals surface area contributed by atoms with Crippen LogP contribution in [0.3, 0.4) is 0 Å². The molecule has 1 rings (SSSR count). The van der Waals surface area contributed by atoms with E-state index < -0.39 is 0 Å². The van der Waals surface area contributed by atoms with Crippen molar-refractivity contribution < 1.29 is 9.53 Å². The van der Waals surface area contributed by atoms with Crippen molar-refractivity contribution in [3.05, 3.63) is 0 Å². The molecule has 1 saturated heterocycles. The Morgan fingerprint density at radius 1 is 1.37 bits per heavy atom. The number of rotatable bonds is 6. The SMILES string of the molecule is CC[C@H](N)C(=O)NCC(C)CN1CCOCC1.Cl.Cl. The van der Waals surface area contributed by atoms with Crippen molar-refractivity contribution in [2.24, 2.45) is 11.7 Å². The van der Waals surface area contributed by atoms with Gasteiger partial charge in [-0.1, -0.05) is 13.8 Å². The number of carbonyl (C=O) groups excluding carboxylic acids is 1. The summed E-state index contributed by atoms with van der Waals surface area (Å²) in [6.07, 6.45) is 0.684. The first-order chi connectivity index (χ1) is 8.13. The van der Waals surface area contributed by atoms with Crippen LogP contribution in [0, 0.1) is 5.92 Å². The maximum Gasteiger partial charge on any atom is 0.236 e. The number of nitrogens with zero attached hydrogens (tertiary/aromatic N) is 1. The Bertz CT molecular complexity index is 239. The maximum atomic E-state index is 11.5. The number of nitrogens with two attached hydrogens (primary N) is 1. The standard InChI is InChI=1S/C12H25N3O2.2ClH/c1-3-11(13)12(16)14-8-10(2)9-15-4-6-17-7-5-15;;/h10-11H,3-9,13H2,1-2H3,(H,14,16);2*1H/t10?,11-;;/m0../s1. The first-order valence-electron chi connectivity index (χ1n) is 6.46. The summed E-state index contributed by atoms with van der Waals surface area (Å²) in [6.45, 7) is 9.39. The summed E-state index contributed by atoms with van der Waals surface area (Å²) in [5.74, 6) is 0.405. The largest absolute Gasteiger partial charge is 0.379 e. The third-order valence-corrected chi connectivity index (χ3v) is 3.07. The third kappa shape index (κ3) is 8.65. The molecule has 0 aromatic carbocycles. The Labute approximate surface area is 128 Å². The lowest BCUT2D eigenvalue weighted by molar-refractivity contribution is -0.122. The highest BCUT2D eigenvalue weighted by atomic mass is 35.5. The van der Waals surface area contributed by atoms with E-state index in [4.69, 9.17) is 10.5 Å². The zero-order valence-electron chi connectivity index (χ0n) is 11.8. The van der Waals surface area contributed by atoms with Gasteiger partial charge in [0.05, 0.1) is 19.3 Å². The van der Waals surface area contributed by atoms with Crippen molar-refractivity contribution in [1.29, 1.82) is 0 Å². The number of ether oxygens (including phenoxy) is 1. The highest BCUT2D eigenvalue weighted by molar-refractivity contribution is 5.85. The van der Waals surface area contributed by atoms with Gasteiger partial charge >= 0.3 is 0 Å². The minimum absolute atomic E-state index is 0. The summed E-state index contributed by atoms with van der Waals surface area (Å²) in [7, 11) is 0. The summed E-state index contributed by atoms with van der Waals surface area (Å²) in [5.41, 5.74) is 5.65. The van der Waals surface area contributed by atoms with E-state index in [9.17, 15) is 4.79 Å². The molecule has 19 heavy (non-hydrogen) atoms. The first kappa shape index (κ1) is 21.2. The monoisotopic (exact) mass is 315 g/mol. The fraction of sp³-hybridized carbons (Fsp3) is 0.917. The van der Waals surface area contributed by atoms with E-state index in [1.165, 1.54) is 0 Å². The van der Waals surface area contributed by atoms with Crippen molar-refractivity contribution in [2.75, 3.05) is 39.4 Å². The number of halogens is 2. The summed E-state index contributed by atoms with van der Waals surface area (Å²) in [6, 6.07) is -0.370. The van der Waals surface area contributed by atoms with E-state index in [-0.39, 0.29) is 36.8 Å². The molecular weight excluding hydrogens is 289 g/mol. The van der Waals surface area contributed by atoms with Crippen LogP contribution in [0.25, 0.3) is 0 Å². The number of amides is 1. The molecule has 0 radical (unpaired) electrons. The number of morpholine rings is 1. The van der Waals surface area contributed by atoms with Crippen LogP contribution in [0.15, 0.2) is 0 Å². The molecule has 5 nitrogen and oxygen atoms in total. The van der Waals surface area contributed by atoms with Gasteiger partial charge in [0.25, 0.3) is 0 Å². The zero-order chi connectivity index (χ0) is 12.7. The van der Waals surface area contributed by atoms with Crippen LogP contribution in [0.2, 0.25) is 0 Å². The van der Waals surface area contributed by atoms with Crippen molar-refractivity contribution in [1.82, 2.24) is 10.2 Å². The second-order valence-corrected chi connectivity index (χ2v) is 4.78. The fourth-order valence-corrected chi connectivity index (χ4v) is 1.88. The van der Waals surface area contributed by atoms with Crippen LogP contribution in [0.4, 0.5) is 0 Å². The lowest BCUT2D eigenvalue weighted by Gasteiger charge is -2.29. The van der Waals surface area contributed by atoms with Crippen LogP contribution < -0.4 is 11.1 Å². The van der Waals surface area contributed by atoms with E-state index in [2.05, 4.69) is 17.1 Å². The molecule has 0 aromatic heterocycles. The number of nitrogens with one attached hydrogen (secondary N) is 1. The minimum Gasteiger partial charge on any atom is -0.379 e. The minimum atomic E-state index is -0.370. The van der Waals surface area contributed by atoms with E-state index in [0.717, 1.165) is 32.8 Å². The Kier molecular flexibility index (Phi) is 13.1. The molecule has 0 saturated carbocycles. The van der Waals surface area contributed by atoms with Crippen molar-refractivity contribution >= 4 is 30.7 Å². The Hall–Kier alpha value is -0.0700. The maximum absolute atomic E-state index is 11.5. The molecule has 0 spiro atoms. The van der Waals surface area contributed by atoms with Crippen LogP contribution in [-0.4, -0.2) is 56.2 Å². The van der Waals surface area contributed by atoms with E-state index in [0.29, 0.717) is 18.9 Å². The van der Waals surface area contributed by atoms with Crippen LogP contribution in [-0.2, 0) is 9.53 Å². The van der Waals surface area contributed by atoms with Gasteiger partial charge < -0.3 is 15.8 Å². The van der Waals surface area contributed by atoms with Gasteiger partial charge in [-0.25, -0.2) is 0 Å². The molecule has 2 atom stereocenters. The fourth-order valence-electron chi connectivity index (χ4n) is 1.88. The van der Waals surface area contributed by atoms with Gasteiger partial charge in [0, 0.05) is 26.2 Å². The second kappa shape index (κ2) is 11.7. The normalized spacial score (nSPS) is 18.7. The molecule has 0 aromatic rings. The van der Waals surface area contributed by atoms with Gasteiger partial charge in [0.2, 0.25) is 5.91 Å².